The molecule has 0 aromatic heterocycles. The Morgan fingerprint density at radius 2 is 2.09 bits per heavy atom. The molecule has 1 aliphatic rings. The first-order valence-electron chi connectivity index (χ1n) is 7.23. The highest BCUT2D eigenvalue weighted by Gasteiger charge is 2.19. The topological polar surface area (TPSA) is 89.0 Å². The second-order valence-electron chi connectivity index (χ2n) is 4.94. The van der Waals surface area contributed by atoms with E-state index in [1.54, 1.807) is 0 Å². The van der Waals surface area contributed by atoms with Crippen LogP contribution in [0.5, 0.6) is 0 Å². The number of nitrogens with one attached hydrogen (secondary N) is 2. The van der Waals surface area contributed by atoms with Gasteiger partial charge in [-0.2, -0.15) is 0 Å². The molecule has 2 rings (SSSR count). The minimum atomic E-state index is -0.543. The van der Waals surface area contributed by atoms with E-state index in [4.69, 9.17) is 9.57 Å². The monoisotopic (exact) mass is 383 g/mol. The lowest BCUT2D eigenvalue weighted by Crippen LogP contribution is -2.35. The molecule has 0 saturated heterocycles. The number of benzene rings is 1. The number of hydrogen-bond acceptors (Lipinski definition) is 5. The van der Waals surface area contributed by atoms with Crippen LogP contribution in [0.25, 0.3) is 0 Å². The number of carbonyl (C=O) groups is 2. The summed E-state index contributed by atoms with van der Waals surface area (Å²) in [5.74, 6) is -0.167. The number of oxime groups is 1. The molecule has 0 aliphatic carbocycles. The standard InChI is InChI=1S/C15H18BrN3O4/c16-13-8-12(23-19-13)9-18-14(20)6-7-17-15(21)22-10-11-4-2-1-3-5-11/h1-5,12H,6-10H2,(H,17,21)(H,18,20). The van der Waals surface area contributed by atoms with Gasteiger partial charge in [-0.25, -0.2) is 4.79 Å². The third kappa shape index (κ3) is 6.68. The minimum absolute atomic E-state index is 0.142. The van der Waals surface area contributed by atoms with E-state index in [9.17, 15) is 9.59 Å². The molecule has 0 radical (unpaired) electrons. The SMILES string of the molecule is O=C(CCNC(=O)OCc1ccccc1)NCC1CC(Br)=NO1. The molecular weight excluding hydrogens is 366 g/mol. The quantitative estimate of drug-likeness (QED) is 0.752. The van der Waals surface area contributed by atoms with Crippen molar-refractivity contribution in [2.24, 2.45) is 5.16 Å². The van der Waals surface area contributed by atoms with E-state index in [0.717, 1.165) is 10.2 Å². The van der Waals surface area contributed by atoms with Gasteiger partial charge in [0.25, 0.3) is 0 Å². The number of amides is 2. The van der Waals surface area contributed by atoms with Gasteiger partial charge in [-0.05, 0) is 21.5 Å². The largest absolute Gasteiger partial charge is 0.445 e. The van der Waals surface area contributed by atoms with E-state index >= 15 is 0 Å². The van der Waals surface area contributed by atoms with Gasteiger partial charge in [0.2, 0.25) is 5.91 Å². The average Bonchev–Trinajstić information content (AvgIpc) is 2.97. The van der Waals surface area contributed by atoms with E-state index < -0.39 is 6.09 Å². The molecule has 1 aromatic carbocycles. The minimum Gasteiger partial charge on any atom is -0.445 e. The second-order valence-corrected chi connectivity index (χ2v) is 5.86. The number of hydrogen-bond donors (Lipinski definition) is 2. The molecule has 1 atom stereocenters. The van der Waals surface area contributed by atoms with E-state index in [2.05, 4.69) is 31.7 Å². The molecule has 2 N–H and O–H groups in total. The number of carbonyl (C=O) groups excluding carboxylic acids is 2. The molecule has 1 aromatic rings. The summed E-state index contributed by atoms with van der Waals surface area (Å²) >= 11 is 3.23. The number of halogens is 1. The average molecular weight is 384 g/mol. The zero-order chi connectivity index (χ0) is 16.5. The zero-order valence-electron chi connectivity index (χ0n) is 12.5. The van der Waals surface area contributed by atoms with Gasteiger partial charge in [0, 0.05) is 19.4 Å². The molecule has 1 aliphatic heterocycles. The summed E-state index contributed by atoms with van der Waals surface area (Å²) in [7, 11) is 0. The highest BCUT2D eigenvalue weighted by molar-refractivity contribution is 9.18. The van der Waals surface area contributed by atoms with Crippen molar-refractivity contribution in [2.75, 3.05) is 13.1 Å². The van der Waals surface area contributed by atoms with Crippen LogP contribution in [0.15, 0.2) is 35.5 Å². The highest BCUT2D eigenvalue weighted by atomic mass is 79.9. The summed E-state index contributed by atoms with van der Waals surface area (Å²) in [4.78, 5) is 28.2. The van der Waals surface area contributed by atoms with Crippen LogP contribution in [0.1, 0.15) is 18.4 Å². The van der Waals surface area contributed by atoms with Gasteiger partial charge in [-0.3, -0.25) is 4.79 Å². The molecule has 2 amide bonds. The molecular formula is C15H18BrN3O4. The maximum Gasteiger partial charge on any atom is 0.407 e. The lowest BCUT2D eigenvalue weighted by atomic mass is 10.2. The third-order valence-corrected chi connectivity index (χ3v) is 3.53. The van der Waals surface area contributed by atoms with Gasteiger partial charge in [0.1, 0.15) is 11.2 Å². The van der Waals surface area contributed by atoms with Gasteiger partial charge in [-0.15, -0.1) is 0 Å². The van der Waals surface area contributed by atoms with Crippen LogP contribution in [-0.2, 0) is 21.0 Å². The zero-order valence-corrected chi connectivity index (χ0v) is 14.0. The molecule has 1 heterocycles. The van der Waals surface area contributed by atoms with Crippen molar-refractivity contribution in [3.8, 4) is 0 Å². The van der Waals surface area contributed by atoms with Crippen molar-refractivity contribution in [3.05, 3.63) is 35.9 Å². The van der Waals surface area contributed by atoms with E-state index in [1.165, 1.54) is 0 Å². The van der Waals surface area contributed by atoms with Crippen molar-refractivity contribution < 1.29 is 19.2 Å². The Bertz CT molecular complexity index is 565. The Morgan fingerprint density at radius 1 is 1.30 bits per heavy atom. The van der Waals surface area contributed by atoms with Crippen LogP contribution in [0.4, 0.5) is 4.79 Å². The van der Waals surface area contributed by atoms with Gasteiger partial charge >= 0.3 is 6.09 Å². The van der Waals surface area contributed by atoms with Crippen LogP contribution in [0.3, 0.4) is 0 Å². The Kier molecular flexibility index (Phi) is 6.86. The van der Waals surface area contributed by atoms with Gasteiger partial charge in [-0.1, -0.05) is 35.5 Å². The van der Waals surface area contributed by atoms with Crippen LogP contribution < -0.4 is 10.6 Å². The molecule has 0 saturated carbocycles. The molecule has 0 fully saturated rings. The number of nitrogens with zero attached hydrogens (tertiary/aromatic N) is 1. The first-order chi connectivity index (χ1) is 11.1. The molecule has 124 valence electrons. The molecule has 8 heteroatoms. The molecule has 7 nitrogen and oxygen atoms in total. The van der Waals surface area contributed by atoms with Crippen LogP contribution in [0, 0.1) is 0 Å². The van der Waals surface area contributed by atoms with Crippen molar-refractivity contribution in [1.82, 2.24) is 10.6 Å². The summed E-state index contributed by atoms with van der Waals surface area (Å²) in [5, 5.41) is 9.00. The van der Waals surface area contributed by atoms with Gasteiger partial charge < -0.3 is 20.2 Å². The molecule has 23 heavy (non-hydrogen) atoms. The fourth-order valence-corrected chi connectivity index (χ4v) is 2.32. The summed E-state index contributed by atoms with van der Waals surface area (Å²) in [6.07, 6.45) is 0.134. The third-order valence-electron chi connectivity index (χ3n) is 3.06. The number of ether oxygens (including phenoxy) is 1. The van der Waals surface area contributed by atoms with Crippen LogP contribution >= 0.6 is 15.9 Å². The lowest BCUT2D eigenvalue weighted by molar-refractivity contribution is -0.121. The molecule has 0 bridgehead atoms. The summed E-state index contributed by atoms with van der Waals surface area (Å²) in [6.45, 7) is 0.799. The predicted octanol–water partition coefficient (Wildman–Crippen LogP) is 1.92. The van der Waals surface area contributed by atoms with Crippen molar-refractivity contribution >= 4 is 32.6 Å². The van der Waals surface area contributed by atoms with E-state index in [0.29, 0.717) is 13.0 Å². The Labute approximate surface area is 142 Å². The summed E-state index contributed by atoms with van der Waals surface area (Å²) < 4.78 is 5.78. The molecule has 1 unspecified atom stereocenters. The van der Waals surface area contributed by atoms with Gasteiger partial charge in [0.05, 0.1) is 6.54 Å². The van der Waals surface area contributed by atoms with Crippen LogP contribution in [-0.4, -0.2) is 35.8 Å². The summed E-state index contributed by atoms with van der Waals surface area (Å²) in [5.41, 5.74) is 0.908. The normalized spacial score (nSPS) is 16.2. The summed E-state index contributed by atoms with van der Waals surface area (Å²) in [6, 6.07) is 9.38. The second kappa shape index (κ2) is 9.14. The fourth-order valence-electron chi connectivity index (χ4n) is 1.87. The maximum absolute atomic E-state index is 11.6. The first-order valence-corrected chi connectivity index (χ1v) is 8.02. The van der Waals surface area contributed by atoms with Crippen molar-refractivity contribution in [1.29, 1.82) is 0 Å². The lowest BCUT2D eigenvalue weighted by Gasteiger charge is -2.10. The first kappa shape index (κ1) is 17.3. The van der Waals surface area contributed by atoms with Crippen molar-refractivity contribution in [3.63, 3.8) is 0 Å². The Balaban J connectivity index is 1.52. The smallest absolute Gasteiger partial charge is 0.407 e. The maximum atomic E-state index is 11.6. The number of alkyl carbamates (subject to hydrolysis) is 1. The Morgan fingerprint density at radius 3 is 2.78 bits per heavy atom. The fraction of sp³-hybridized carbons (Fsp3) is 0.400. The van der Waals surface area contributed by atoms with Crippen LogP contribution in [0.2, 0.25) is 0 Å². The molecule has 0 spiro atoms. The van der Waals surface area contributed by atoms with Crippen molar-refractivity contribution in [2.45, 2.75) is 25.6 Å². The number of rotatable bonds is 7. The van der Waals surface area contributed by atoms with E-state index in [-0.39, 0.29) is 31.6 Å². The predicted molar refractivity (Wildman–Crippen MR) is 88.1 cm³/mol. The van der Waals surface area contributed by atoms with Gasteiger partial charge in [0.15, 0.2) is 6.10 Å². The van der Waals surface area contributed by atoms with E-state index in [1.807, 2.05) is 30.3 Å². The Hall–Kier alpha value is -2.09. The highest BCUT2D eigenvalue weighted by Crippen LogP contribution is 2.13.